The van der Waals surface area contributed by atoms with Gasteiger partial charge in [0.2, 0.25) is 0 Å². The fourth-order valence-corrected chi connectivity index (χ4v) is 3.42. The SMILES string of the molecule is Cc1ccc(NC(=O)O[C@@H](c2cc(Br)ccc2O)C(C)(C)CC/C=C/C(=O)O)cc1. The molecular formula is C23H26BrNO5. The highest BCUT2D eigenvalue weighted by Gasteiger charge is 2.35. The molecule has 0 aliphatic carbocycles. The van der Waals surface area contributed by atoms with Crippen molar-refractivity contribution in [3.8, 4) is 5.75 Å². The summed E-state index contributed by atoms with van der Waals surface area (Å²) in [5.74, 6) is -0.997. The molecule has 0 aliphatic heterocycles. The van der Waals surface area contributed by atoms with E-state index in [1.807, 2.05) is 32.9 Å². The number of carboxylic acids is 1. The highest BCUT2D eigenvalue weighted by atomic mass is 79.9. The van der Waals surface area contributed by atoms with Gasteiger partial charge in [0.25, 0.3) is 0 Å². The molecule has 6 nitrogen and oxygen atoms in total. The number of halogens is 1. The molecule has 1 amide bonds. The first-order valence-electron chi connectivity index (χ1n) is 9.50. The largest absolute Gasteiger partial charge is 0.508 e. The molecule has 7 heteroatoms. The lowest BCUT2D eigenvalue weighted by Gasteiger charge is -2.34. The summed E-state index contributed by atoms with van der Waals surface area (Å²) >= 11 is 3.39. The van der Waals surface area contributed by atoms with Crippen LogP contribution in [0.25, 0.3) is 0 Å². The third-order valence-electron chi connectivity index (χ3n) is 4.72. The highest BCUT2D eigenvalue weighted by Crippen LogP contribution is 2.44. The molecule has 0 heterocycles. The average Bonchev–Trinajstić information content (AvgIpc) is 2.67. The van der Waals surface area contributed by atoms with Crippen LogP contribution in [0.5, 0.6) is 5.75 Å². The number of carbonyl (C=O) groups excluding carboxylic acids is 1. The number of anilines is 1. The van der Waals surface area contributed by atoms with Gasteiger partial charge in [-0.1, -0.05) is 53.5 Å². The minimum atomic E-state index is -1.01. The smallest absolute Gasteiger partial charge is 0.412 e. The Morgan fingerprint density at radius 3 is 2.50 bits per heavy atom. The normalized spacial score (nSPS) is 12.5. The zero-order valence-electron chi connectivity index (χ0n) is 17.2. The maximum atomic E-state index is 12.6. The summed E-state index contributed by atoms with van der Waals surface area (Å²) in [6, 6.07) is 12.3. The maximum absolute atomic E-state index is 12.6. The number of ether oxygens (including phenoxy) is 1. The summed E-state index contributed by atoms with van der Waals surface area (Å²) in [6.07, 6.45) is 2.26. The molecule has 3 N–H and O–H groups in total. The van der Waals surface area contributed by atoms with Gasteiger partial charge >= 0.3 is 12.1 Å². The Labute approximate surface area is 184 Å². The van der Waals surface area contributed by atoms with Crippen LogP contribution < -0.4 is 5.32 Å². The van der Waals surface area contributed by atoms with Crippen molar-refractivity contribution in [2.75, 3.05) is 5.32 Å². The van der Waals surface area contributed by atoms with Crippen molar-refractivity contribution in [2.45, 2.75) is 39.7 Å². The molecule has 1 atom stereocenters. The van der Waals surface area contributed by atoms with E-state index < -0.39 is 23.6 Å². The number of aryl methyl sites for hydroxylation is 1. The molecule has 0 unspecified atom stereocenters. The standard InChI is InChI=1S/C23H26BrNO5/c1-15-7-10-17(11-8-15)25-22(29)30-21(18-14-16(24)9-12-19(18)26)23(2,3)13-5-4-6-20(27)28/h4,6-12,14,21,26H,5,13H2,1-3H3,(H,25,29)(H,27,28)/b6-4+/t21-/m0/s1. The fraction of sp³-hybridized carbons (Fsp3) is 0.304. The van der Waals surface area contributed by atoms with E-state index in [1.165, 1.54) is 6.07 Å². The predicted octanol–water partition coefficient (Wildman–Crippen LogP) is 6.20. The Kier molecular flexibility index (Phi) is 8.06. The molecule has 2 aromatic rings. The van der Waals surface area contributed by atoms with Gasteiger partial charge in [0, 0.05) is 27.2 Å². The van der Waals surface area contributed by atoms with E-state index in [0.717, 1.165) is 16.1 Å². The summed E-state index contributed by atoms with van der Waals surface area (Å²) in [7, 11) is 0. The van der Waals surface area contributed by atoms with Crippen molar-refractivity contribution in [2.24, 2.45) is 5.41 Å². The lowest BCUT2D eigenvalue weighted by molar-refractivity contribution is -0.131. The molecule has 0 aliphatic rings. The second-order valence-electron chi connectivity index (χ2n) is 7.75. The van der Waals surface area contributed by atoms with Crippen LogP contribution in [0.1, 0.15) is 43.9 Å². The molecule has 0 saturated carbocycles. The zero-order valence-corrected chi connectivity index (χ0v) is 18.8. The number of amides is 1. The van der Waals surface area contributed by atoms with Gasteiger partial charge in [0.05, 0.1) is 0 Å². The average molecular weight is 476 g/mol. The molecule has 160 valence electrons. The van der Waals surface area contributed by atoms with Crippen LogP contribution >= 0.6 is 15.9 Å². The number of nitrogens with one attached hydrogen (secondary N) is 1. The zero-order chi connectivity index (χ0) is 22.3. The molecule has 0 saturated heterocycles. The molecule has 0 radical (unpaired) electrons. The number of phenolic OH excluding ortho intramolecular Hbond substituents is 1. The molecule has 0 fully saturated rings. The van der Waals surface area contributed by atoms with Gasteiger partial charge < -0.3 is 14.9 Å². The van der Waals surface area contributed by atoms with Gasteiger partial charge in [-0.15, -0.1) is 0 Å². The van der Waals surface area contributed by atoms with Gasteiger partial charge in [-0.3, -0.25) is 5.32 Å². The van der Waals surface area contributed by atoms with Gasteiger partial charge in [0.15, 0.2) is 0 Å². The molecule has 2 aromatic carbocycles. The Morgan fingerprint density at radius 2 is 1.87 bits per heavy atom. The summed E-state index contributed by atoms with van der Waals surface area (Å²) in [4.78, 5) is 23.3. The van der Waals surface area contributed by atoms with Gasteiger partial charge in [0.1, 0.15) is 11.9 Å². The van der Waals surface area contributed by atoms with E-state index in [4.69, 9.17) is 9.84 Å². The number of aliphatic carboxylic acids is 1. The van der Waals surface area contributed by atoms with E-state index in [1.54, 1.807) is 30.3 Å². The first-order valence-corrected chi connectivity index (χ1v) is 10.3. The third-order valence-corrected chi connectivity index (χ3v) is 5.21. The van der Waals surface area contributed by atoms with Gasteiger partial charge in [-0.25, -0.2) is 9.59 Å². The van der Waals surface area contributed by atoms with Gasteiger partial charge in [-0.05, 0) is 50.1 Å². The summed E-state index contributed by atoms with van der Waals surface area (Å²) in [5.41, 5.74) is 1.55. The van der Waals surface area contributed by atoms with Gasteiger partial charge in [-0.2, -0.15) is 0 Å². The number of phenols is 1. The number of hydrogen-bond acceptors (Lipinski definition) is 4. The monoisotopic (exact) mass is 475 g/mol. The highest BCUT2D eigenvalue weighted by molar-refractivity contribution is 9.10. The second kappa shape index (κ2) is 10.3. The minimum Gasteiger partial charge on any atom is -0.508 e. The molecular weight excluding hydrogens is 450 g/mol. The first-order chi connectivity index (χ1) is 14.1. The molecule has 0 spiro atoms. The fourth-order valence-electron chi connectivity index (χ4n) is 3.04. The van der Waals surface area contributed by atoms with Crippen LogP contribution in [0.3, 0.4) is 0 Å². The Hall–Kier alpha value is -2.80. The van der Waals surface area contributed by atoms with Crippen molar-refractivity contribution in [3.63, 3.8) is 0 Å². The van der Waals surface area contributed by atoms with Crippen LogP contribution in [0.2, 0.25) is 0 Å². The number of carboxylic acid groups (broad SMARTS) is 1. The lowest BCUT2D eigenvalue weighted by atomic mass is 9.78. The predicted molar refractivity (Wildman–Crippen MR) is 120 cm³/mol. The van der Waals surface area contributed by atoms with Crippen LogP contribution in [0.4, 0.5) is 10.5 Å². The number of allylic oxidation sites excluding steroid dienone is 1. The second-order valence-corrected chi connectivity index (χ2v) is 8.66. The Balaban J connectivity index is 2.26. The molecule has 0 aromatic heterocycles. The number of aromatic hydroxyl groups is 1. The molecule has 0 bridgehead atoms. The molecule has 2 rings (SSSR count). The van der Waals surface area contributed by atoms with E-state index in [0.29, 0.717) is 24.1 Å². The maximum Gasteiger partial charge on any atom is 0.412 e. The number of benzene rings is 2. The van der Waals surface area contributed by atoms with Crippen molar-refractivity contribution < 1.29 is 24.5 Å². The summed E-state index contributed by atoms with van der Waals surface area (Å²) in [6.45, 7) is 5.77. The van der Waals surface area contributed by atoms with Crippen LogP contribution in [-0.2, 0) is 9.53 Å². The third kappa shape index (κ3) is 6.91. The van der Waals surface area contributed by atoms with Crippen LogP contribution in [-0.4, -0.2) is 22.3 Å². The quantitative estimate of drug-likeness (QED) is 0.395. The van der Waals surface area contributed by atoms with E-state index in [-0.39, 0.29) is 5.75 Å². The minimum absolute atomic E-state index is 0.0143. The molecule has 30 heavy (non-hydrogen) atoms. The lowest BCUT2D eigenvalue weighted by Crippen LogP contribution is -2.29. The Bertz CT molecular complexity index is 922. The van der Waals surface area contributed by atoms with Crippen molar-refractivity contribution in [1.82, 2.24) is 0 Å². The first kappa shape index (κ1) is 23.5. The van der Waals surface area contributed by atoms with E-state index >= 15 is 0 Å². The topological polar surface area (TPSA) is 95.9 Å². The Morgan fingerprint density at radius 1 is 1.20 bits per heavy atom. The van der Waals surface area contributed by atoms with Crippen molar-refractivity contribution in [1.29, 1.82) is 0 Å². The van der Waals surface area contributed by atoms with E-state index in [2.05, 4.69) is 21.2 Å². The number of rotatable bonds is 8. The number of carbonyl (C=O) groups is 2. The summed E-state index contributed by atoms with van der Waals surface area (Å²) < 4.78 is 6.52. The number of hydrogen-bond donors (Lipinski definition) is 3. The van der Waals surface area contributed by atoms with Crippen molar-refractivity contribution >= 4 is 33.7 Å². The van der Waals surface area contributed by atoms with E-state index in [9.17, 15) is 14.7 Å². The van der Waals surface area contributed by atoms with Crippen LogP contribution in [0, 0.1) is 12.3 Å². The van der Waals surface area contributed by atoms with Crippen LogP contribution in [0.15, 0.2) is 59.1 Å². The van der Waals surface area contributed by atoms with Crippen molar-refractivity contribution in [3.05, 3.63) is 70.2 Å². The summed E-state index contributed by atoms with van der Waals surface area (Å²) in [5, 5.41) is 21.9.